The molecule has 0 radical (unpaired) electrons. The Balaban J connectivity index is 1.57. The molecule has 0 aliphatic carbocycles. The van der Waals surface area contributed by atoms with Gasteiger partial charge in [-0.25, -0.2) is 0 Å². The highest BCUT2D eigenvalue weighted by molar-refractivity contribution is 6.09. The lowest BCUT2D eigenvalue weighted by molar-refractivity contribution is -0.122. The van der Waals surface area contributed by atoms with Crippen LogP contribution in [0.3, 0.4) is 0 Å². The Hall–Kier alpha value is -3.15. The molecule has 0 bridgehead atoms. The first-order chi connectivity index (χ1) is 12.5. The Morgan fingerprint density at radius 2 is 1.77 bits per heavy atom. The Labute approximate surface area is 152 Å². The number of rotatable bonds is 5. The summed E-state index contributed by atoms with van der Waals surface area (Å²) in [5, 5.41) is 8.34. The maximum absolute atomic E-state index is 12.3. The number of fused-ring (bicyclic) bond motifs is 1. The zero-order valence-electron chi connectivity index (χ0n) is 14.5. The fourth-order valence-electron chi connectivity index (χ4n) is 2.93. The van der Waals surface area contributed by atoms with E-state index in [-0.39, 0.29) is 36.6 Å². The molecule has 134 valence electrons. The van der Waals surface area contributed by atoms with E-state index in [1.807, 2.05) is 37.3 Å². The molecule has 1 aliphatic rings. The Bertz CT molecular complexity index is 820. The Morgan fingerprint density at radius 3 is 2.54 bits per heavy atom. The SMILES string of the molecule is CC(NC(=O)CC[C@@H]1NC(=O)c2ccccc2NC1=O)c1ccccc1. The first-order valence-corrected chi connectivity index (χ1v) is 8.59. The standard InChI is InChI=1S/C20H21N3O3/c1-13(14-7-3-2-4-8-14)21-18(24)12-11-17-20(26)22-16-10-6-5-9-15(16)19(25)23-17/h2-10,13,17H,11-12H2,1H3,(H,21,24)(H,22,26)(H,23,25)/t13?,17-/m0/s1. The lowest BCUT2D eigenvalue weighted by atomic mass is 10.1. The van der Waals surface area contributed by atoms with Gasteiger partial charge in [-0.2, -0.15) is 0 Å². The summed E-state index contributed by atoms with van der Waals surface area (Å²) in [7, 11) is 0. The smallest absolute Gasteiger partial charge is 0.254 e. The maximum atomic E-state index is 12.3. The molecule has 0 saturated heterocycles. The third-order valence-corrected chi connectivity index (χ3v) is 4.39. The van der Waals surface area contributed by atoms with Gasteiger partial charge in [0.15, 0.2) is 0 Å². The van der Waals surface area contributed by atoms with Crippen molar-refractivity contribution in [2.75, 3.05) is 5.32 Å². The molecule has 6 heteroatoms. The van der Waals surface area contributed by atoms with Crippen LogP contribution < -0.4 is 16.0 Å². The van der Waals surface area contributed by atoms with E-state index in [9.17, 15) is 14.4 Å². The number of amides is 3. The fraction of sp³-hybridized carbons (Fsp3) is 0.250. The van der Waals surface area contributed by atoms with Crippen molar-refractivity contribution < 1.29 is 14.4 Å². The van der Waals surface area contributed by atoms with Crippen LogP contribution >= 0.6 is 0 Å². The van der Waals surface area contributed by atoms with Crippen molar-refractivity contribution in [1.82, 2.24) is 10.6 Å². The molecule has 1 heterocycles. The molecular weight excluding hydrogens is 330 g/mol. The van der Waals surface area contributed by atoms with E-state index in [0.29, 0.717) is 11.3 Å². The zero-order chi connectivity index (χ0) is 18.5. The van der Waals surface area contributed by atoms with Crippen LogP contribution in [0.5, 0.6) is 0 Å². The van der Waals surface area contributed by atoms with Gasteiger partial charge >= 0.3 is 0 Å². The number of carbonyl (C=O) groups excluding carboxylic acids is 3. The molecule has 0 saturated carbocycles. The van der Waals surface area contributed by atoms with E-state index < -0.39 is 6.04 Å². The minimum atomic E-state index is -0.743. The second-order valence-electron chi connectivity index (χ2n) is 6.30. The molecule has 0 aromatic heterocycles. The minimum Gasteiger partial charge on any atom is -0.350 e. The number of para-hydroxylation sites is 1. The highest BCUT2D eigenvalue weighted by atomic mass is 16.2. The summed E-state index contributed by atoms with van der Waals surface area (Å²) < 4.78 is 0. The van der Waals surface area contributed by atoms with Crippen molar-refractivity contribution in [1.29, 1.82) is 0 Å². The molecule has 0 fully saturated rings. The summed E-state index contributed by atoms with van der Waals surface area (Å²) in [6.45, 7) is 1.91. The monoisotopic (exact) mass is 351 g/mol. The molecule has 26 heavy (non-hydrogen) atoms. The van der Waals surface area contributed by atoms with Crippen LogP contribution in [0, 0.1) is 0 Å². The highest BCUT2D eigenvalue weighted by Crippen LogP contribution is 2.19. The van der Waals surface area contributed by atoms with Crippen molar-refractivity contribution in [2.45, 2.75) is 31.8 Å². The average molecular weight is 351 g/mol. The Morgan fingerprint density at radius 1 is 1.08 bits per heavy atom. The molecule has 3 N–H and O–H groups in total. The summed E-state index contributed by atoms with van der Waals surface area (Å²) in [5.41, 5.74) is 1.92. The third-order valence-electron chi connectivity index (χ3n) is 4.39. The molecule has 1 unspecified atom stereocenters. The summed E-state index contributed by atoms with van der Waals surface area (Å²) >= 11 is 0. The Kier molecular flexibility index (Phi) is 5.31. The van der Waals surface area contributed by atoms with Gasteiger partial charge in [0, 0.05) is 6.42 Å². The molecule has 1 aliphatic heterocycles. The zero-order valence-corrected chi connectivity index (χ0v) is 14.5. The summed E-state index contributed by atoms with van der Waals surface area (Å²) in [6.07, 6.45) is 0.380. The minimum absolute atomic E-state index is 0.120. The quantitative estimate of drug-likeness (QED) is 0.773. The molecular formula is C20H21N3O3. The van der Waals surface area contributed by atoms with Crippen LogP contribution in [0.2, 0.25) is 0 Å². The van der Waals surface area contributed by atoms with E-state index >= 15 is 0 Å². The normalized spacial score (nSPS) is 17.3. The number of anilines is 1. The summed E-state index contributed by atoms with van der Waals surface area (Å²) in [5.74, 6) is -0.792. The topological polar surface area (TPSA) is 87.3 Å². The van der Waals surface area contributed by atoms with Gasteiger partial charge in [-0.3, -0.25) is 14.4 Å². The molecule has 3 rings (SSSR count). The predicted octanol–water partition coefficient (Wildman–Crippen LogP) is 2.39. The van der Waals surface area contributed by atoms with Gasteiger partial charge in [0.25, 0.3) is 5.91 Å². The van der Waals surface area contributed by atoms with Crippen LogP contribution in [-0.2, 0) is 9.59 Å². The van der Waals surface area contributed by atoms with Gasteiger partial charge in [-0.15, -0.1) is 0 Å². The van der Waals surface area contributed by atoms with Crippen molar-refractivity contribution >= 4 is 23.4 Å². The van der Waals surface area contributed by atoms with Gasteiger partial charge in [0.05, 0.1) is 17.3 Å². The van der Waals surface area contributed by atoms with E-state index in [2.05, 4.69) is 16.0 Å². The highest BCUT2D eigenvalue weighted by Gasteiger charge is 2.27. The average Bonchev–Trinajstić information content (AvgIpc) is 2.77. The van der Waals surface area contributed by atoms with E-state index in [1.54, 1.807) is 24.3 Å². The van der Waals surface area contributed by atoms with Crippen LogP contribution in [0.4, 0.5) is 5.69 Å². The first-order valence-electron chi connectivity index (χ1n) is 8.59. The molecule has 3 amide bonds. The number of benzene rings is 2. The van der Waals surface area contributed by atoms with Crippen LogP contribution in [0.1, 0.15) is 41.7 Å². The molecule has 2 aromatic carbocycles. The lowest BCUT2D eigenvalue weighted by Gasteiger charge is -2.17. The molecule has 2 aromatic rings. The van der Waals surface area contributed by atoms with Gasteiger partial charge in [0.1, 0.15) is 6.04 Å². The van der Waals surface area contributed by atoms with Gasteiger partial charge in [-0.05, 0) is 31.0 Å². The van der Waals surface area contributed by atoms with Crippen LogP contribution in [0.15, 0.2) is 54.6 Å². The number of nitrogens with one attached hydrogen (secondary N) is 3. The predicted molar refractivity (Wildman–Crippen MR) is 98.6 cm³/mol. The van der Waals surface area contributed by atoms with Gasteiger partial charge in [-0.1, -0.05) is 42.5 Å². The second-order valence-corrected chi connectivity index (χ2v) is 6.30. The lowest BCUT2D eigenvalue weighted by Crippen LogP contribution is -2.42. The summed E-state index contributed by atoms with van der Waals surface area (Å²) in [6, 6.07) is 15.6. The van der Waals surface area contributed by atoms with Gasteiger partial charge in [0.2, 0.25) is 11.8 Å². The van der Waals surface area contributed by atoms with Gasteiger partial charge < -0.3 is 16.0 Å². The summed E-state index contributed by atoms with van der Waals surface area (Å²) in [4.78, 5) is 36.8. The third kappa shape index (κ3) is 4.08. The second kappa shape index (κ2) is 7.82. The number of hydrogen-bond acceptors (Lipinski definition) is 3. The van der Waals surface area contributed by atoms with E-state index in [1.165, 1.54) is 0 Å². The molecule has 2 atom stereocenters. The van der Waals surface area contributed by atoms with Crippen LogP contribution in [-0.4, -0.2) is 23.8 Å². The van der Waals surface area contributed by atoms with E-state index in [4.69, 9.17) is 0 Å². The van der Waals surface area contributed by atoms with Crippen molar-refractivity contribution in [2.24, 2.45) is 0 Å². The largest absolute Gasteiger partial charge is 0.350 e. The first kappa shape index (κ1) is 17.7. The van der Waals surface area contributed by atoms with Crippen molar-refractivity contribution in [3.05, 3.63) is 65.7 Å². The fourth-order valence-corrected chi connectivity index (χ4v) is 2.93. The van der Waals surface area contributed by atoms with Crippen molar-refractivity contribution in [3.63, 3.8) is 0 Å². The molecule has 0 spiro atoms. The molecule has 6 nitrogen and oxygen atoms in total. The van der Waals surface area contributed by atoms with Crippen molar-refractivity contribution in [3.8, 4) is 0 Å². The number of hydrogen-bond donors (Lipinski definition) is 3. The maximum Gasteiger partial charge on any atom is 0.254 e. The van der Waals surface area contributed by atoms with Crippen LogP contribution in [0.25, 0.3) is 0 Å². The number of carbonyl (C=O) groups is 3. The van der Waals surface area contributed by atoms with E-state index in [0.717, 1.165) is 5.56 Å².